The van der Waals surface area contributed by atoms with Gasteiger partial charge in [0.05, 0.1) is 5.69 Å². The SMILES string of the molecule is Cc1cc(C#N)c(=O)[nH]c1-c1ccc(F)c(F)c1. The molecule has 0 bridgehead atoms. The molecule has 0 radical (unpaired) electrons. The summed E-state index contributed by atoms with van der Waals surface area (Å²) >= 11 is 0. The average molecular weight is 246 g/mol. The van der Waals surface area contributed by atoms with Gasteiger partial charge in [0.1, 0.15) is 11.6 Å². The number of nitriles is 1. The van der Waals surface area contributed by atoms with Crippen molar-refractivity contribution in [1.29, 1.82) is 5.26 Å². The molecule has 1 aromatic heterocycles. The molecule has 3 nitrogen and oxygen atoms in total. The van der Waals surface area contributed by atoms with E-state index in [-0.39, 0.29) is 5.56 Å². The molecule has 0 amide bonds. The Hall–Kier alpha value is -2.48. The van der Waals surface area contributed by atoms with Crippen LogP contribution in [0.25, 0.3) is 11.3 Å². The van der Waals surface area contributed by atoms with Gasteiger partial charge in [0.25, 0.3) is 5.56 Å². The standard InChI is InChI=1S/C13H8F2N2O/c1-7-4-9(6-16)13(18)17-12(7)8-2-3-10(14)11(15)5-8/h2-5H,1H3,(H,17,18). The highest BCUT2D eigenvalue weighted by molar-refractivity contribution is 5.63. The molecule has 1 heterocycles. The summed E-state index contributed by atoms with van der Waals surface area (Å²) in [5.41, 5.74) is 0.768. The van der Waals surface area contributed by atoms with E-state index in [9.17, 15) is 13.6 Å². The predicted molar refractivity (Wildman–Crippen MR) is 61.9 cm³/mol. The maximum atomic E-state index is 13.1. The zero-order valence-electron chi connectivity index (χ0n) is 9.42. The fraction of sp³-hybridized carbons (Fsp3) is 0.0769. The van der Waals surface area contributed by atoms with Gasteiger partial charge in [0.15, 0.2) is 11.6 Å². The number of aromatic amines is 1. The van der Waals surface area contributed by atoms with Crippen molar-refractivity contribution in [3.05, 3.63) is 57.4 Å². The molecule has 0 aliphatic rings. The molecule has 2 rings (SSSR count). The Labute approximate surface area is 101 Å². The number of nitrogens with one attached hydrogen (secondary N) is 1. The third-order valence-corrected chi connectivity index (χ3v) is 2.57. The first-order valence-electron chi connectivity index (χ1n) is 5.12. The van der Waals surface area contributed by atoms with Crippen LogP contribution in [0, 0.1) is 29.9 Å². The minimum absolute atomic E-state index is 0.0150. The van der Waals surface area contributed by atoms with Crippen LogP contribution in [-0.2, 0) is 0 Å². The number of hydrogen-bond donors (Lipinski definition) is 1. The van der Waals surface area contributed by atoms with Gasteiger partial charge in [-0.25, -0.2) is 8.78 Å². The minimum Gasteiger partial charge on any atom is -0.321 e. The van der Waals surface area contributed by atoms with Gasteiger partial charge in [-0.2, -0.15) is 5.26 Å². The van der Waals surface area contributed by atoms with E-state index in [1.165, 1.54) is 12.1 Å². The second-order valence-corrected chi connectivity index (χ2v) is 3.81. The zero-order chi connectivity index (χ0) is 13.3. The summed E-state index contributed by atoms with van der Waals surface area (Å²) in [6.45, 7) is 1.67. The lowest BCUT2D eigenvalue weighted by atomic mass is 10.1. The van der Waals surface area contributed by atoms with Crippen molar-refractivity contribution in [1.82, 2.24) is 4.98 Å². The van der Waals surface area contributed by atoms with Crippen molar-refractivity contribution >= 4 is 0 Å². The highest BCUT2D eigenvalue weighted by atomic mass is 19.2. The van der Waals surface area contributed by atoms with Crippen LogP contribution in [0.15, 0.2) is 29.1 Å². The number of aryl methyl sites for hydroxylation is 1. The second-order valence-electron chi connectivity index (χ2n) is 3.81. The molecule has 0 spiro atoms. The molecule has 0 fully saturated rings. The third kappa shape index (κ3) is 2.00. The predicted octanol–water partition coefficient (Wildman–Crippen LogP) is 2.50. The number of aromatic nitrogens is 1. The summed E-state index contributed by atoms with van der Waals surface area (Å²) in [5, 5.41) is 8.71. The first kappa shape index (κ1) is 12.0. The fourth-order valence-electron chi connectivity index (χ4n) is 1.67. The Morgan fingerprint density at radius 3 is 2.56 bits per heavy atom. The van der Waals surface area contributed by atoms with Gasteiger partial charge in [-0.05, 0) is 36.8 Å². The molecule has 1 N–H and O–H groups in total. The maximum absolute atomic E-state index is 13.1. The molecule has 0 atom stereocenters. The number of rotatable bonds is 1. The Morgan fingerprint density at radius 2 is 1.94 bits per heavy atom. The number of H-pyrrole nitrogens is 1. The molecule has 5 heteroatoms. The van der Waals surface area contributed by atoms with Crippen LogP contribution in [0.3, 0.4) is 0 Å². The molecule has 90 valence electrons. The molecular formula is C13H8F2N2O. The van der Waals surface area contributed by atoms with Crippen molar-refractivity contribution in [3.8, 4) is 17.3 Å². The molecule has 0 saturated carbocycles. The first-order valence-corrected chi connectivity index (χ1v) is 5.12. The van der Waals surface area contributed by atoms with E-state index in [4.69, 9.17) is 5.26 Å². The summed E-state index contributed by atoms with van der Waals surface area (Å²) in [6, 6.07) is 6.52. The summed E-state index contributed by atoms with van der Waals surface area (Å²) in [4.78, 5) is 14.0. The van der Waals surface area contributed by atoms with Crippen LogP contribution in [0.2, 0.25) is 0 Å². The van der Waals surface area contributed by atoms with E-state index < -0.39 is 17.2 Å². The van der Waals surface area contributed by atoms with Crippen LogP contribution >= 0.6 is 0 Å². The lowest BCUT2D eigenvalue weighted by molar-refractivity contribution is 0.509. The number of pyridine rings is 1. The van der Waals surface area contributed by atoms with E-state index in [0.29, 0.717) is 16.8 Å². The van der Waals surface area contributed by atoms with Crippen LogP contribution in [0.5, 0.6) is 0 Å². The Bertz CT molecular complexity index is 714. The van der Waals surface area contributed by atoms with Crippen molar-refractivity contribution in [2.45, 2.75) is 6.92 Å². The second kappa shape index (κ2) is 4.41. The van der Waals surface area contributed by atoms with Gasteiger partial charge in [-0.15, -0.1) is 0 Å². The van der Waals surface area contributed by atoms with Crippen molar-refractivity contribution in [2.24, 2.45) is 0 Å². The van der Waals surface area contributed by atoms with Gasteiger partial charge in [-0.1, -0.05) is 0 Å². The summed E-state index contributed by atoms with van der Waals surface area (Å²) in [5.74, 6) is -1.94. The van der Waals surface area contributed by atoms with Gasteiger partial charge in [0.2, 0.25) is 0 Å². The Balaban J connectivity index is 2.65. The van der Waals surface area contributed by atoms with Crippen LogP contribution in [0.4, 0.5) is 8.78 Å². The minimum atomic E-state index is -0.989. The fourth-order valence-corrected chi connectivity index (χ4v) is 1.67. The van der Waals surface area contributed by atoms with Gasteiger partial charge < -0.3 is 4.98 Å². The molecule has 18 heavy (non-hydrogen) atoms. The van der Waals surface area contributed by atoms with Crippen LogP contribution < -0.4 is 5.56 Å². The van der Waals surface area contributed by atoms with Gasteiger partial charge >= 0.3 is 0 Å². The molecular weight excluding hydrogens is 238 g/mol. The van der Waals surface area contributed by atoms with Crippen molar-refractivity contribution < 1.29 is 8.78 Å². The molecule has 2 aromatic rings. The highest BCUT2D eigenvalue weighted by Gasteiger charge is 2.09. The van der Waals surface area contributed by atoms with Gasteiger partial charge in [-0.3, -0.25) is 4.79 Å². The molecule has 0 unspecified atom stereocenters. The number of nitrogens with zero attached hydrogens (tertiary/aromatic N) is 1. The third-order valence-electron chi connectivity index (χ3n) is 2.57. The Kier molecular flexibility index (Phi) is 2.94. The average Bonchev–Trinajstić information content (AvgIpc) is 2.35. The van der Waals surface area contributed by atoms with Gasteiger partial charge in [0, 0.05) is 5.56 Å². The summed E-state index contributed by atoms with van der Waals surface area (Å²) < 4.78 is 25.9. The van der Waals surface area contributed by atoms with E-state index in [1.807, 2.05) is 0 Å². The lowest BCUT2D eigenvalue weighted by Gasteiger charge is -2.06. The smallest absolute Gasteiger partial charge is 0.266 e. The van der Waals surface area contributed by atoms with Crippen molar-refractivity contribution in [2.75, 3.05) is 0 Å². The van der Waals surface area contributed by atoms with Crippen molar-refractivity contribution in [3.63, 3.8) is 0 Å². The molecule has 1 aromatic carbocycles. The molecule has 0 aliphatic carbocycles. The largest absolute Gasteiger partial charge is 0.321 e. The lowest BCUT2D eigenvalue weighted by Crippen LogP contribution is -2.12. The first-order chi connectivity index (χ1) is 8.52. The maximum Gasteiger partial charge on any atom is 0.266 e. The zero-order valence-corrected chi connectivity index (χ0v) is 9.42. The van der Waals surface area contributed by atoms with E-state index in [0.717, 1.165) is 12.1 Å². The monoisotopic (exact) mass is 246 g/mol. The van der Waals surface area contributed by atoms with Crippen LogP contribution in [0.1, 0.15) is 11.1 Å². The topological polar surface area (TPSA) is 56.6 Å². The normalized spacial score (nSPS) is 10.1. The summed E-state index contributed by atoms with van der Waals surface area (Å²) in [7, 11) is 0. The number of benzene rings is 1. The molecule has 0 aliphatic heterocycles. The highest BCUT2D eigenvalue weighted by Crippen LogP contribution is 2.22. The Morgan fingerprint density at radius 1 is 1.22 bits per heavy atom. The quantitative estimate of drug-likeness (QED) is 0.840. The number of halogens is 2. The summed E-state index contributed by atoms with van der Waals surface area (Å²) in [6.07, 6.45) is 0. The van der Waals surface area contributed by atoms with E-state index in [1.54, 1.807) is 13.0 Å². The number of hydrogen-bond acceptors (Lipinski definition) is 2. The van der Waals surface area contributed by atoms with E-state index >= 15 is 0 Å². The van der Waals surface area contributed by atoms with E-state index in [2.05, 4.69) is 4.98 Å². The molecule has 0 saturated heterocycles. The van der Waals surface area contributed by atoms with Crippen LogP contribution in [-0.4, -0.2) is 4.98 Å².